The lowest BCUT2D eigenvalue weighted by Gasteiger charge is -2.39. The molecule has 0 radical (unpaired) electrons. The van der Waals surface area contributed by atoms with E-state index in [0.29, 0.717) is 13.1 Å². The number of rotatable bonds is 6. The lowest BCUT2D eigenvalue weighted by molar-refractivity contribution is -0.149. The van der Waals surface area contributed by atoms with Gasteiger partial charge in [0.1, 0.15) is 0 Å². The van der Waals surface area contributed by atoms with Gasteiger partial charge in [0.05, 0.1) is 24.8 Å². The molecule has 3 atom stereocenters. The second-order valence-electron chi connectivity index (χ2n) is 8.45. The van der Waals surface area contributed by atoms with Gasteiger partial charge < -0.3 is 15.0 Å². The summed E-state index contributed by atoms with van der Waals surface area (Å²) < 4.78 is 5.71. The van der Waals surface area contributed by atoms with Crippen molar-refractivity contribution in [2.24, 2.45) is 11.8 Å². The van der Waals surface area contributed by atoms with E-state index in [1.54, 1.807) is 0 Å². The Morgan fingerprint density at radius 3 is 2.11 bits per heavy atom. The second-order valence-corrected chi connectivity index (χ2v) is 8.45. The fraction of sp³-hybridized carbons (Fsp3) is 0.850. The third kappa shape index (κ3) is 6.28. The Morgan fingerprint density at radius 1 is 1.07 bits per heavy atom. The van der Waals surface area contributed by atoms with Gasteiger partial charge in [-0.2, -0.15) is 0 Å². The van der Waals surface area contributed by atoms with E-state index in [2.05, 4.69) is 10.2 Å². The molecule has 2 amide bonds. The van der Waals surface area contributed by atoms with E-state index in [-0.39, 0.29) is 48.2 Å². The van der Waals surface area contributed by atoms with Crippen molar-refractivity contribution in [3.63, 3.8) is 0 Å². The molecular weight excluding hydrogens is 346 g/mol. The Hall–Kier alpha value is -1.47. The van der Waals surface area contributed by atoms with Gasteiger partial charge in [0.2, 0.25) is 11.8 Å². The van der Waals surface area contributed by atoms with Crippen molar-refractivity contribution < 1.29 is 19.1 Å². The minimum absolute atomic E-state index is 0.0170. The quantitative estimate of drug-likeness (QED) is 0.744. The number of hydrogen-bond acceptors (Lipinski definition) is 5. The Balaban J connectivity index is 1.78. The molecule has 0 saturated carbocycles. The summed E-state index contributed by atoms with van der Waals surface area (Å²) in [4.78, 5) is 40.7. The van der Waals surface area contributed by atoms with Gasteiger partial charge in [0.25, 0.3) is 0 Å². The fourth-order valence-electron chi connectivity index (χ4n) is 4.11. The molecule has 1 N–H and O–H groups in total. The molecule has 7 nitrogen and oxygen atoms in total. The molecule has 154 valence electrons. The van der Waals surface area contributed by atoms with E-state index >= 15 is 0 Å². The minimum atomic E-state index is -0.429. The van der Waals surface area contributed by atoms with Crippen molar-refractivity contribution >= 4 is 17.6 Å². The molecule has 0 bridgehead atoms. The first-order valence-electron chi connectivity index (χ1n) is 10.1. The van der Waals surface area contributed by atoms with E-state index in [0.717, 1.165) is 25.9 Å². The summed E-state index contributed by atoms with van der Waals surface area (Å²) in [7, 11) is 0. The Labute approximate surface area is 162 Å². The van der Waals surface area contributed by atoms with Crippen molar-refractivity contribution in [2.75, 3.05) is 32.7 Å². The number of hydrogen-bond donors (Lipinski definition) is 1. The van der Waals surface area contributed by atoms with Gasteiger partial charge in [-0.15, -0.1) is 0 Å². The van der Waals surface area contributed by atoms with Crippen LogP contribution >= 0.6 is 0 Å². The molecule has 2 heterocycles. The van der Waals surface area contributed by atoms with Crippen LogP contribution in [-0.4, -0.2) is 78.4 Å². The molecule has 27 heavy (non-hydrogen) atoms. The largest absolute Gasteiger partial charge is 0.372 e. The molecule has 2 fully saturated rings. The number of morpholine rings is 1. The maximum absolute atomic E-state index is 12.8. The van der Waals surface area contributed by atoms with Gasteiger partial charge in [0, 0.05) is 19.0 Å². The molecule has 0 aromatic carbocycles. The molecule has 0 aromatic rings. The summed E-state index contributed by atoms with van der Waals surface area (Å²) in [6, 6.07) is -0.429. The third-order valence-corrected chi connectivity index (χ3v) is 5.46. The highest BCUT2D eigenvalue weighted by molar-refractivity contribution is 5.88. The smallest absolute Gasteiger partial charge is 0.234 e. The van der Waals surface area contributed by atoms with Crippen LogP contribution in [-0.2, 0) is 19.1 Å². The molecule has 7 heteroatoms. The Kier molecular flexibility index (Phi) is 7.79. The van der Waals surface area contributed by atoms with E-state index in [4.69, 9.17) is 4.74 Å². The van der Waals surface area contributed by atoms with Gasteiger partial charge in [-0.1, -0.05) is 13.8 Å². The number of nitrogens with one attached hydrogen (secondary N) is 1. The number of amides is 2. The SMILES string of the molecule is CC(=O)C(NC(=O)CN1CCC(C(=O)N2CC(C)OC(C)C2)CC1)C(C)C. The van der Waals surface area contributed by atoms with Gasteiger partial charge in [-0.05, 0) is 52.6 Å². The molecular formula is C20H35N3O4. The molecule has 2 aliphatic rings. The normalized spacial score (nSPS) is 26.1. The van der Waals surface area contributed by atoms with Gasteiger partial charge >= 0.3 is 0 Å². The van der Waals surface area contributed by atoms with E-state index in [9.17, 15) is 14.4 Å². The molecule has 3 unspecified atom stereocenters. The van der Waals surface area contributed by atoms with Gasteiger partial charge in [0.15, 0.2) is 5.78 Å². The molecule has 2 rings (SSSR count). The lowest BCUT2D eigenvalue weighted by atomic mass is 9.94. The van der Waals surface area contributed by atoms with Crippen LogP contribution in [0.25, 0.3) is 0 Å². The number of carbonyl (C=O) groups excluding carboxylic acids is 3. The number of ketones is 1. The molecule has 2 saturated heterocycles. The first-order valence-corrected chi connectivity index (χ1v) is 10.1. The number of carbonyl (C=O) groups is 3. The Bertz CT molecular complexity index is 533. The summed E-state index contributed by atoms with van der Waals surface area (Å²) in [6.07, 6.45) is 1.70. The van der Waals surface area contributed by atoms with E-state index in [1.165, 1.54) is 6.92 Å². The van der Waals surface area contributed by atoms with Crippen LogP contribution in [0.5, 0.6) is 0 Å². The number of piperidine rings is 1. The summed E-state index contributed by atoms with van der Waals surface area (Å²) in [5, 5.41) is 2.84. The van der Waals surface area contributed by atoms with E-state index in [1.807, 2.05) is 32.6 Å². The van der Waals surface area contributed by atoms with Crippen LogP contribution in [0.2, 0.25) is 0 Å². The Morgan fingerprint density at radius 2 is 1.63 bits per heavy atom. The van der Waals surface area contributed by atoms with Crippen LogP contribution in [0.4, 0.5) is 0 Å². The predicted molar refractivity (Wildman–Crippen MR) is 103 cm³/mol. The topological polar surface area (TPSA) is 79.0 Å². The molecule has 0 aliphatic carbocycles. The summed E-state index contributed by atoms with van der Waals surface area (Å²) in [5.74, 6) is 0.189. The van der Waals surface area contributed by atoms with Gasteiger partial charge in [-0.3, -0.25) is 19.3 Å². The molecule has 2 aliphatic heterocycles. The number of likely N-dealkylation sites (tertiary alicyclic amines) is 1. The fourth-order valence-corrected chi connectivity index (χ4v) is 4.11. The van der Waals surface area contributed by atoms with Crippen LogP contribution in [0.15, 0.2) is 0 Å². The second kappa shape index (κ2) is 9.64. The predicted octanol–water partition coefficient (Wildman–Crippen LogP) is 1.06. The zero-order chi connectivity index (χ0) is 20.1. The van der Waals surface area contributed by atoms with Crippen LogP contribution < -0.4 is 5.32 Å². The first kappa shape index (κ1) is 21.8. The van der Waals surface area contributed by atoms with Gasteiger partial charge in [-0.25, -0.2) is 0 Å². The third-order valence-electron chi connectivity index (χ3n) is 5.46. The van der Waals surface area contributed by atoms with Crippen molar-refractivity contribution in [2.45, 2.75) is 65.7 Å². The maximum atomic E-state index is 12.8. The summed E-state index contributed by atoms with van der Waals surface area (Å²) in [5.41, 5.74) is 0. The molecule has 0 aromatic heterocycles. The van der Waals surface area contributed by atoms with E-state index < -0.39 is 6.04 Å². The highest BCUT2D eigenvalue weighted by Gasteiger charge is 2.33. The van der Waals surface area contributed by atoms with Crippen molar-refractivity contribution in [1.82, 2.24) is 15.1 Å². The lowest BCUT2D eigenvalue weighted by Crippen LogP contribution is -2.52. The number of nitrogens with zero attached hydrogens (tertiary/aromatic N) is 2. The van der Waals surface area contributed by atoms with Crippen LogP contribution in [0.1, 0.15) is 47.5 Å². The zero-order valence-electron chi connectivity index (χ0n) is 17.4. The maximum Gasteiger partial charge on any atom is 0.234 e. The number of Topliss-reactive ketones (excluding diaryl/α,β-unsaturated/α-hetero) is 1. The summed E-state index contributed by atoms with van der Waals surface area (Å²) in [6.45, 7) is 12.4. The highest BCUT2D eigenvalue weighted by Crippen LogP contribution is 2.22. The van der Waals surface area contributed by atoms with Crippen molar-refractivity contribution in [3.8, 4) is 0 Å². The minimum Gasteiger partial charge on any atom is -0.372 e. The highest BCUT2D eigenvalue weighted by atomic mass is 16.5. The zero-order valence-corrected chi connectivity index (χ0v) is 17.4. The first-order chi connectivity index (χ1) is 12.7. The van der Waals surface area contributed by atoms with Crippen LogP contribution in [0, 0.1) is 11.8 Å². The van der Waals surface area contributed by atoms with Crippen molar-refractivity contribution in [3.05, 3.63) is 0 Å². The number of ether oxygens (including phenoxy) is 1. The van der Waals surface area contributed by atoms with Crippen LogP contribution in [0.3, 0.4) is 0 Å². The standard InChI is InChI=1S/C20H35N3O4/c1-13(2)19(16(5)24)21-18(25)12-22-8-6-17(7-9-22)20(26)23-10-14(3)27-15(4)11-23/h13-15,17,19H,6-12H2,1-5H3,(H,21,25). The average molecular weight is 382 g/mol. The summed E-state index contributed by atoms with van der Waals surface area (Å²) >= 11 is 0. The monoisotopic (exact) mass is 381 g/mol. The molecule has 0 spiro atoms. The van der Waals surface area contributed by atoms with Crippen molar-refractivity contribution in [1.29, 1.82) is 0 Å². The average Bonchev–Trinajstić information content (AvgIpc) is 2.58.